The van der Waals surface area contributed by atoms with E-state index in [9.17, 15) is 4.79 Å². The van der Waals surface area contributed by atoms with E-state index in [-0.39, 0.29) is 12.5 Å². The molecule has 0 fully saturated rings. The number of nitrogens with one attached hydrogen (secondary N) is 1. The average molecular weight is 417 g/mol. The molecule has 0 aliphatic carbocycles. The maximum Gasteiger partial charge on any atom is 0.262 e. The number of aryl methyl sites for hydroxylation is 1. The van der Waals surface area contributed by atoms with Gasteiger partial charge in [0, 0.05) is 11.3 Å². The molecular weight excluding hydrogens is 392 g/mol. The van der Waals surface area contributed by atoms with Crippen molar-refractivity contribution in [2.24, 2.45) is 0 Å². The number of benzene rings is 3. The molecule has 0 radical (unpaired) electrons. The van der Waals surface area contributed by atoms with Crippen LogP contribution < -0.4 is 10.1 Å². The minimum Gasteiger partial charge on any atom is -0.484 e. The van der Waals surface area contributed by atoms with E-state index in [1.165, 1.54) is 10.3 Å². The number of aromatic nitrogens is 1. The molecule has 0 atom stereocenters. The summed E-state index contributed by atoms with van der Waals surface area (Å²) in [6.45, 7) is 6.25. The Bertz CT molecular complexity index is 1150. The number of ether oxygens (including phenoxy) is 1. The van der Waals surface area contributed by atoms with Crippen LogP contribution >= 0.6 is 11.3 Å². The number of rotatable bonds is 6. The lowest BCUT2D eigenvalue weighted by molar-refractivity contribution is -0.118. The van der Waals surface area contributed by atoms with Gasteiger partial charge in [-0.25, -0.2) is 4.98 Å². The summed E-state index contributed by atoms with van der Waals surface area (Å²) >= 11 is 1.67. The summed E-state index contributed by atoms with van der Waals surface area (Å²) in [5, 5.41) is 3.91. The molecule has 1 amide bonds. The predicted molar refractivity (Wildman–Crippen MR) is 124 cm³/mol. The fraction of sp³-hybridized carbons (Fsp3) is 0.200. The normalized spacial score (nSPS) is 11.1. The van der Waals surface area contributed by atoms with Crippen LogP contribution in [0, 0.1) is 6.92 Å². The van der Waals surface area contributed by atoms with Crippen LogP contribution in [0.4, 0.5) is 5.69 Å². The zero-order valence-electron chi connectivity index (χ0n) is 17.3. The van der Waals surface area contributed by atoms with Gasteiger partial charge in [-0.3, -0.25) is 4.79 Å². The number of hydrogen-bond acceptors (Lipinski definition) is 4. The molecule has 0 bridgehead atoms. The molecule has 4 rings (SSSR count). The summed E-state index contributed by atoms with van der Waals surface area (Å²) in [6.07, 6.45) is 0. The van der Waals surface area contributed by atoms with Crippen LogP contribution in [-0.2, 0) is 4.79 Å². The number of nitrogens with zero attached hydrogens (tertiary/aromatic N) is 1. The molecular formula is C25H24N2O2S. The van der Waals surface area contributed by atoms with Crippen molar-refractivity contribution < 1.29 is 9.53 Å². The first-order valence-corrected chi connectivity index (χ1v) is 10.8. The van der Waals surface area contributed by atoms with Crippen LogP contribution in [0.25, 0.3) is 20.8 Å². The van der Waals surface area contributed by atoms with Gasteiger partial charge in [-0.05, 0) is 66.4 Å². The fourth-order valence-corrected chi connectivity index (χ4v) is 4.18. The number of amides is 1. The van der Waals surface area contributed by atoms with Gasteiger partial charge >= 0.3 is 0 Å². The van der Waals surface area contributed by atoms with Gasteiger partial charge < -0.3 is 10.1 Å². The van der Waals surface area contributed by atoms with E-state index in [1.54, 1.807) is 11.3 Å². The Morgan fingerprint density at radius 3 is 2.53 bits per heavy atom. The Morgan fingerprint density at radius 1 is 1.07 bits per heavy atom. The van der Waals surface area contributed by atoms with Crippen molar-refractivity contribution in [2.75, 3.05) is 11.9 Å². The van der Waals surface area contributed by atoms with E-state index >= 15 is 0 Å². The molecule has 30 heavy (non-hydrogen) atoms. The Balaban J connectivity index is 1.40. The Hall–Kier alpha value is -3.18. The van der Waals surface area contributed by atoms with E-state index in [0.717, 1.165) is 27.3 Å². The fourth-order valence-electron chi connectivity index (χ4n) is 3.22. The molecule has 4 nitrogen and oxygen atoms in total. The smallest absolute Gasteiger partial charge is 0.262 e. The lowest BCUT2D eigenvalue weighted by atomic mass is 10.0. The molecule has 1 N–H and O–H groups in total. The quantitative estimate of drug-likeness (QED) is 0.395. The first-order chi connectivity index (χ1) is 14.5. The summed E-state index contributed by atoms with van der Waals surface area (Å²) < 4.78 is 6.79. The van der Waals surface area contributed by atoms with Crippen LogP contribution in [0.15, 0.2) is 66.7 Å². The van der Waals surface area contributed by atoms with Crippen molar-refractivity contribution >= 4 is 33.1 Å². The molecule has 3 aromatic carbocycles. The van der Waals surface area contributed by atoms with Gasteiger partial charge in [-0.1, -0.05) is 38.1 Å². The molecule has 1 heterocycles. The number of carbonyl (C=O) groups is 1. The minimum atomic E-state index is -0.182. The second kappa shape index (κ2) is 8.67. The number of anilines is 1. The Kier molecular flexibility index (Phi) is 5.81. The van der Waals surface area contributed by atoms with E-state index < -0.39 is 0 Å². The highest BCUT2D eigenvalue weighted by Gasteiger charge is 2.10. The zero-order valence-corrected chi connectivity index (χ0v) is 18.1. The van der Waals surface area contributed by atoms with Crippen LogP contribution in [0.1, 0.15) is 30.9 Å². The highest BCUT2D eigenvalue weighted by Crippen LogP contribution is 2.32. The number of hydrogen-bond donors (Lipinski definition) is 1. The van der Waals surface area contributed by atoms with Crippen molar-refractivity contribution in [3.05, 3.63) is 77.9 Å². The van der Waals surface area contributed by atoms with Crippen LogP contribution in [0.2, 0.25) is 0 Å². The number of carbonyl (C=O) groups excluding carboxylic acids is 1. The standard InChI is InChI=1S/C25H24N2O2S/c1-16(2)18-8-11-20(12-9-18)29-15-24(28)26-21-13-10-19(14-17(21)3)25-27-22-6-4-5-7-23(22)30-25/h4-14,16H,15H2,1-3H3,(H,26,28). The van der Waals surface area contributed by atoms with Crippen molar-refractivity contribution in [3.8, 4) is 16.3 Å². The van der Waals surface area contributed by atoms with Crippen LogP contribution in [0.3, 0.4) is 0 Å². The highest BCUT2D eigenvalue weighted by molar-refractivity contribution is 7.21. The third-order valence-electron chi connectivity index (χ3n) is 4.96. The third-order valence-corrected chi connectivity index (χ3v) is 6.04. The van der Waals surface area contributed by atoms with E-state index in [0.29, 0.717) is 11.7 Å². The lowest BCUT2D eigenvalue weighted by Crippen LogP contribution is -2.20. The van der Waals surface area contributed by atoms with E-state index in [1.807, 2.05) is 61.5 Å². The first-order valence-electron chi connectivity index (χ1n) is 9.99. The molecule has 152 valence electrons. The van der Waals surface area contributed by atoms with E-state index in [2.05, 4.69) is 31.3 Å². The second-order valence-electron chi connectivity index (χ2n) is 7.58. The van der Waals surface area contributed by atoms with E-state index in [4.69, 9.17) is 9.72 Å². The molecule has 0 spiro atoms. The SMILES string of the molecule is Cc1cc(-c2nc3ccccc3s2)ccc1NC(=O)COc1ccc(C(C)C)cc1. The Labute approximate surface area is 180 Å². The molecule has 0 aliphatic heterocycles. The van der Waals surface area contributed by atoms with Crippen molar-refractivity contribution in [1.29, 1.82) is 0 Å². The van der Waals surface area contributed by atoms with Crippen molar-refractivity contribution in [1.82, 2.24) is 4.98 Å². The average Bonchev–Trinajstić information content (AvgIpc) is 3.18. The molecule has 0 saturated heterocycles. The first kappa shape index (κ1) is 20.1. The zero-order chi connectivity index (χ0) is 21.1. The van der Waals surface area contributed by atoms with Gasteiger partial charge in [-0.15, -0.1) is 11.3 Å². The third kappa shape index (κ3) is 4.52. The molecule has 0 aliphatic rings. The van der Waals surface area contributed by atoms with Gasteiger partial charge in [-0.2, -0.15) is 0 Å². The minimum absolute atomic E-state index is 0.0277. The number of thiazole rings is 1. The Morgan fingerprint density at radius 2 is 1.83 bits per heavy atom. The number of fused-ring (bicyclic) bond motifs is 1. The molecule has 5 heteroatoms. The summed E-state index contributed by atoms with van der Waals surface area (Å²) in [5.41, 5.74) is 5.07. The molecule has 0 saturated carbocycles. The van der Waals surface area contributed by atoms with Crippen LogP contribution in [-0.4, -0.2) is 17.5 Å². The van der Waals surface area contributed by atoms with Gasteiger partial charge in [0.15, 0.2) is 6.61 Å². The summed E-state index contributed by atoms with van der Waals surface area (Å²) in [5.74, 6) is 0.979. The monoisotopic (exact) mass is 416 g/mol. The molecule has 1 aromatic heterocycles. The molecule has 0 unspecified atom stereocenters. The topological polar surface area (TPSA) is 51.2 Å². The summed E-state index contributed by atoms with van der Waals surface area (Å²) in [7, 11) is 0. The highest BCUT2D eigenvalue weighted by atomic mass is 32.1. The predicted octanol–water partition coefficient (Wildman–Crippen LogP) is 6.41. The van der Waals surface area contributed by atoms with Crippen molar-refractivity contribution in [2.45, 2.75) is 26.7 Å². The van der Waals surface area contributed by atoms with Gasteiger partial charge in [0.1, 0.15) is 10.8 Å². The lowest BCUT2D eigenvalue weighted by Gasteiger charge is -2.11. The van der Waals surface area contributed by atoms with Gasteiger partial charge in [0.2, 0.25) is 0 Å². The van der Waals surface area contributed by atoms with Crippen molar-refractivity contribution in [3.63, 3.8) is 0 Å². The largest absolute Gasteiger partial charge is 0.484 e. The maximum atomic E-state index is 12.3. The summed E-state index contributed by atoms with van der Waals surface area (Å²) in [6, 6.07) is 22.0. The van der Waals surface area contributed by atoms with Crippen LogP contribution in [0.5, 0.6) is 5.75 Å². The maximum absolute atomic E-state index is 12.3. The second-order valence-corrected chi connectivity index (χ2v) is 8.61. The molecule has 4 aromatic rings. The van der Waals surface area contributed by atoms with Gasteiger partial charge in [0.25, 0.3) is 5.91 Å². The number of para-hydroxylation sites is 1. The van der Waals surface area contributed by atoms with Gasteiger partial charge in [0.05, 0.1) is 10.2 Å². The summed E-state index contributed by atoms with van der Waals surface area (Å²) in [4.78, 5) is 17.0.